The summed E-state index contributed by atoms with van der Waals surface area (Å²) in [4.78, 5) is 4.17. The number of rotatable bonds is 3. The van der Waals surface area contributed by atoms with Crippen LogP contribution in [-0.2, 0) is 6.54 Å². The van der Waals surface area contributed by atoms with E-state index in [0.29, 0.717) is 6.54 Å². The maximum absolute atomic E-state index is 5.55. The number of pyridine rings is 1. The fourth-order valence-corrected chi connectivity index (χ4v) is 1.11. The van der Waals surface area contributed by atoms with E-state index in [-0.39, 0.29) is 0 Å². The second kappa shape index (κ2) is 4.07. The Morgan fingerprint density at radius 3 is 2.92 bits per heavy atom. The lowest BCUT2D eigenvalue weighted by molar-refractivity contribution is 1.02. The number of anilines is 1. The summed E-state index contributed by atoms with van der Waals surface area (Å²) in [5, 5.41) is 3.25. The standard InChI is InChI=1S/C9H15N3/c1-3-11-9-4-7(2)12-6-8(9)5-10/h4,6H,3,5,10H2,1-2H3,(H,11,12). The number of nitrogens with two attached hydrogens (primary N) is 1. The van der Waals surface area contributed by atoms with Crippen LogP contribution >= 0.6 is 0 Å². The van der Waals surface area contributed by atoms with Crippen molar-refractivity contribution in [2.24, 2.45) is 5.73 Å². The molecule has 0 aliphatic carbocycles. The quantitative estimate of drug-likeness (QED) is 0.709. The number of aromatic nitrogens is 1. The SMILES string of the molecule is CCNc1cc(C)ncc1CN. The molecule has 0 fully saturated rings. The lowest BCUT2D eigenvalue weighted by Gasteiger charge is -2.08. The lowest BCUT2D eigenvalue weighted by atomic mass is 10.2. The molecular weight excluding hydrogens is 150 g/mol. The maximum Gasteiger partial charge on any atom is 0.0419 e. The second-order valence-corrected chi connectivity index (χ2v) is 2.72. The normalized spacial score (nSPS) is 9.92. The first-order valence-electron chi connectivity index (χ1n) is 4.17. The molecular formula is C9H15N3. The van der Waals surface area contributed by atoms with Crippen molar-refractivity contribution in [3.05, 3.63) is 23.5 Å². The summed E-state index contributed by atoms with van der Waals surface area (Å²) in [5.41, 5.74) is 8.74. The maximum atomic E-state index is 5.55. The molecule has 66 valence electrons. The Morgan fingerprint density at radius 2 is 2.33 bits per heavy atom. The van der Waals surface area contributed by atoms with Gasteiger partial charge in [-0.3, -0.25) is 4.98 Å². The Morgan fingerprint density at radius 1 is 1.58 bits per heavy atom. The Bertz CT molecular complexity index is 258. The van der Waals surface area contributed by atoms with Crippen LogP contribution in [0.5, 0.6) is 0 Å². The van der Waals surface area contributed by atoms with Crippen LogP contribution in [0.1, 0.15) is 18.2 Å². The van der Waals surface area contributed by atoms with E-state index >= 15 is 0 Å². The van der Waals surface area contributed by atoms with Crippen molar-refractivity contribution in [3.63, 3.8) is 0 Å². The summed E-state index contributed by atoms with van der Waals surface area (Å²) >= 11 is 0. The van der Waals surface area contributed by atoms with Gasteiger partial charge in [0.15, 0.2) is 0 Å². The molecule has 3 N–H and O–H groups in total. The van der Waals surface area contributed by atoms with Gasteiger partial charge < -0.3 is 11.1 Å². The molecule has 0 unspecified atom stereocenters. The molecule has 0 aromatic carbocycles. The van der Waals surface area contributed by atoms with Gasteiger partial charge >= 0.3 is 0 Å². The summed E-state index contributed by atoms with van der Waals surface area (Å²) in [6.45, 7) is 5.49. The van der Waals surface area contributed by atoms with Crippen molar-refractivity contribution < 1.29 is 0 Å². The minimum atomic E-state index is 0.537. The molecule has 12 heavy (non-hydrogen) atoms. The van der Waals surface area contributed by atoms with Crippen LogP contribution in [0.3, 0.4) is 0 Å². The number of nitrogens with zero attached hydrogens (tertiary/aromatic N) is 1. The minimum absolute atomic E-state index is 0.537. The fraction of sp³-hybridized carbons (Fsp3) is 0.444. The highest BCUT2D eigenvalue weighted by molar-refractivity contribution is 5.50. The monoisotopic (exact) mass is 165 g/mol. The van der Waals surface area contributed by atoms with Gasteiger partial charge in [0.25, 0.3) is 0 Å². The summed E-state index contributed by atoms with van der Waals surface area (Å²) < 4.78 is 0. The van der Waals surface area contributed by atoms with E-state index in [4.69, 9.17) is 5.73 Å². The van der Waals surface area contributed by atoms with Crippen molar-refractivity contribution in [3.8, 4) is 0 Å². The van der Waals surface area contributed by atoms with Crippen LogP contribution in [0.2, 0.25) is 0 Å². The largest absolute Gasteiger partial charge is 0.385 e. The predicted molar refractivity (Wildman–Crippen MR) is 51.0 cm³/mol. The van der Waals surface area contributed by atoms with Crippen LogP contribution in [0, 0.1) is 6.92 Å². The highest BCUT2D eigenvalue weighted by Gasteiger charge is 1.99. The first kappa shape index (κ1) is 9.00. The molecule has 0 saturated carbocycles. The summed E-state index contributed by atoms with van der Waals surface area (Å²) in [5.74, 6) is 0. The third-order valence-corrected chi connectivity index (χ3v) is 1.71. The van der Waals surface area contributed by atoms with Gasteiger partial charge in [0.05, 0.1) is 0 Å². The fourth-order valence-electron chi connectivity index (χ4n) is 1.11. The van der Waals surface area contributed by atoms with Crippen molar-refractivity contribution in [2.75, 3.05) is 11.9 Å². The van der Waals surface area contributed by atoms with E-state index in [1.807, 2.05) is 19.2 Å². The molecule has 0 amide bonds. The molecule has 1 aromatic rings. The molecule has 1 heterocycles. The van der Waals surface area contributed by atoms with Gasteiger partial charge in [-0.25, -0.2) is 0 Å². The number of hydrogen-bond donors (Lipinski definition) is 2. The molecule has 0 saturated heterocycles. The Labute approximate surface area is 73.0 Å². The molecule has 1 rings (SSSR count). The van der Waals surface area contributed by atoms with Crippen molar-refractivity contribution in [1.29, 1.82) is 0 Å². The molecule has 0 spiro atoms. The van der Waals surface area contributed by atoms with Gasteiger partial charge in [0, 0.05) is 36.2 Å². The van der Waals surface area contributed by atoms with Crippen molar-refractivity contribution >= 4 is 5.69 Å². The molecule has 0 aliphatic rings. The van der Waals surface area contributed by atoms with E-state index in [1.165, 1.54) is 0 Å². The average Bonchev–Trinajstić information content (AvgIpc) is 2.05. The molecule has 3 heteroatoms. The molecule has 1 aromatic heterocycles. The molecule has 0 radical (unpaired) electrons. The van der Waals surface area contributed by atoms with E-state index < -0.39 is 0 Å². The van der Waals surface area contributed by atoms with E-state index in [1.54, 1.807) is 0 Å². The second-order valence-electron chi connectivity index (χ2n) is 2.72. The van der Waals surface area contributed by atoms with E-state index in [0.717, 1.165) is 23.5 Å². The van der Waals surface area contributed by atoms with E-state index in [9.17, 15) is 0 Å². The molecule has 3 nitrogen and oxygen atoms in total. The summed E-state index contributed by atoms with van der Waals surface area (Å²) in [6.07, 6.45) is 1.83. The third kappa shape index (κ3) is 1.95. The first-order chi connectivity index (χ1) is 5.77. The van der Waals surface area contributed by atoms with Crippen molar-refractivity contribution in [2.45, 2.75) is 20.4 Å². The van der Waals surface area contributed by atoms with Gasteiger partial charge in [-0.15, -0.1) is 0 Å². The summed E-state index contributed by atoms with van der Waals surface area (Å²) in [6, 6.07) is 2.02. The van der Waals surface area contributed by atoms with Gasteiger partial charge in [0.1, 0.15) is 0 Å². The average molecular weight is 165 g/mol. The molecule has 0 aliphatic heterocycles. The zero-order chi connectivity index (χ0) is 8.97. The third-order valence-electron chi connectivity index (χ3n) is 1.71. The lowest BCUT2D eigenvalue weighted by Crippen LogP contribution is -2.06. The molecule has 0 atom stereocenters. The van der Waals surface area contributed by atoms with Gasteiger partial charge in [-0.2, -0.15) is 0 Å². The number of hydrogen-bond acceptors (Lipinski definition) is 3. The topological polar surface area (TPSA) is 50.9 Å². The minimum Gasteiger partial charge on any atom is -0.385 e. The van der Waals surface area contributed by atoms with Gasteiger partial charge in [-0.1, -0.05) is 0 Å². The van der Waals surface area contributed by atoms with Gasteiger partial charge in [0.2, 0.25) is 0 Å². The Hall–Kier alpha value is -1.09. The molecule has 0 bridgehead atoms. The number of nitrogens with one attached hydrogen (secondary N) is 1. The Kier molecular flexibility index (Phi) is 3.05. The van der Waals surface area contributed by atoms with Crippen LogP contribution in [0.4, 0.5) is 5.69 Å². The number of aryl methyl sites for hydroxylation is 1. The van der Waals surface area contributed by atoms with Crippen LogP contribution in [0.15, 0.2) is 12.3 Å². The zero-order valence-electron chi connectivity index (χ0n) is 7.59. The Balaban J connectivity index is 2.95. The van der Waals surface area contributed by atoms with E-state index in [2.05, 4.69) is 17.2 Å². The van der Waals surface area contributed by atoms with Crippen LogP contribution in [-0.4, -0.2) is 11.5 Å². The predicted octanol–water partition coefficient (Wildman–Crippen LogP) is 1.28. The highest BCUT2D eigenvalue weighted by Crippen LogP contribution is 2.14. The van der Waals surface area contributed by atoms with Crippen LogP contribution < -0.4 is 11.1 Å². The van der Waals surface area contributed by atoms with Gasteiger partial charge in [-0.05, 0) is 19.9 Å². The van der Waals surface area contributed by atoms with Crippen LogP contribution in [0.25, 0.3) is 0 Å². The summed E-state index contributed by atoms with van der Waals surface area (Å²) in [7, 11) is 0. The zero-order valence-corrected chi connectivity index (χ0v) is 7.59. The van der Waals surface area contributed by atoms with Crippen molar-refractivity contribution in [1.82, 2.24) is 4.98 Å². The highest BCUT2D eigenvalue weighted by atomic mass is 14.9. The first-order valence-corrected chi connectivity index (χ1v) is 4.17. The smallest absolute Gasteiger partial charge is 0.0419 e.